The van der Waals surface area contributed by atoms with Crippen LogP contribution in [0.5, 0.6) is 0 Å². The largest absolute Gasteiger partial charge is 0.285 e. The fourth-order valence-electron chi connectivity index (χ4n) is 4.07. The number of aryl methyl sites for hydroxylation is 2. The minimum absolute atomic E-state index is 0.335. The molecule has 0 N–H and O–H groups in total. The molecule has 0 atom stereocenters. The minimum Gasteiger partial charge on any atom is -0.285 e. The number of carbonyl (C=O) groups excluding carboxylic acids is 2. The fourth-order valence-corrected chi connectivity index (χ4v) is 4.07. The van der Waals surface area contributed by atoms with Crippen molar-refractivity contribution in [3.8, 4) is 33.6 Å². The highest BCUT2D eigenvalue weighted by molar-refractivity contribution is 6.54. The van der Waals surface area contributed by atoms with Gasteiger partial charge in [0.25, 0.3) is 0 Å². The molecule has 2 aromatic heterocycles. The predicted octanol–water partition coefficient (Wildman–Crippen LogP) is 5.47. The molecule has 2 aromatic carbocycles. The second kappa shape index (κ2) is 6.85. The number of rotatable bonds is 2. The van der Waals surface area contributed by atoms with E-state index in [1.165, 1.54) is 0 Å². The molecule has 0 saturated carbocycles. The van der Waals surface area contributed by atoms with E-state index in [0.717, 1.165) is 22.5 Å². The lowest BCUT2D eigenvalue weighted by Gasteiger charge is -2.22. The lowest BCUT2D eigenvalue weighted by molar-refractivity contribution is 0.0815. The van der Waals surface area contributed by atoms with Gasteiger partial charge in [-0.2, -0.15) is 0 Å². The maximum atomic E-state index is 13.3. The molecule has 144 valence electrons. The van der Waals surface area contributed by atoms with Gasteiger partial charge < -0.3 is 0 Å². The number of nitrogens with zero attached hydrogens (tertiary/aromatic N) is 2. The van der Waals surface area contributed by atoms with Crippen LogP contribution in [0.2, 0.25) is 0 Å². The third-order valence-electron chi connectivity index (χ3n) is 5.35. The lowest BCUT2D eigenvalue weighted by Crippen LogP contribution is -2.25. The molecule has 5 rings (SSSR count). The molecule has 0 aliphatic heterocycles. The second-order valence-electron chi connectivity index (χ2n) is 7.46. The van der Waals surface area contributed by atoms with Crippen molar-refractivity contribution in [2.75, 3.05) is 0 Å². The van der Waals surface area contributed by atoms with Crippen molar-refractivity contribution in [2.24, 2.45) is 0 Å². The quantitative estimate of drug-likeness (QED) is 0.426. The monoisotopic (exact) mass is 390 g/mol. The summed E-state index contributed by atoms with van der Waals surface area (Å²) in [6.45, 7) is 3.78. The van der Waals surface area contributed by atoms with Gasteiger partial charge in [0.05, 0.1) is 11.1 Å². The first-order valence-corrected chi connectivity index (χ1v) is 9.78. The summed E-state index contributed by atoms with van der Waals surface area (Å²) in [5.74, 6) is -1.07. The van der Waals surface area contributed by atoms with Gasteiger partial charge in [-0.1, -0.05) is 60.7 Å². The summed E-state index contributed by atoms with van der Waals surface area (Å²) in [4.78, 5) is 36.0. The molecular weight excluding hydrogens is 372 g/mol. The fraction of sp³-hybridized carbons (Fsp3) is 0.0769. The number of benzene rings is 2. The molecule has 1 aliphatic rings. The summed E-state index contributed by atoms with van der Waals surface area (Å²) in [5.41, 5.74) is 6.35. The summed E-state index contributed by atoms with van der Waals surface area (Å²) in [6, 6.07) is 22.9. The van der Waals surface area contributed by atoms with E-state index in [-0.39, 0.29) is 0 Å². The molecule has 4 nitrogen and oxygen atoms in total. The highest BCUT2D eigenvalue weighted by Gasteiger charge is 2.37. The molecular formula is C26H18N2O2. The van der Waals surface area contributed by atoms with E-state index in [2.05, 4.69) is 9.97 Å². The first-order valence-electron chi connectivity index (χ1n) is 9.78. The van der Waals surface area contributed by atoms with Gasteiger partial charge in [0.15, 0.2) is 0 Å². The van der Waals surface area contributed by atoms with E-state index in [9.17, 15) is 9.59 Å². The summed E-state index contributed by atoms with van der Waals surface area (Å²) >= 11 is 0. The molecule has 0 amide bonds. The van der Waals surface area contributed by atoms with Crippen LogP contribution < -0.4 is 0 Å². The Bertz CT molecular complexity index is 1220. The molecule has 4 aromatic rings. The average Bonchev–Trinajstić information content (AvgIpc) is 2.77. The number of pyridine rings is 2. The Morgan fingerprint density at radius 1 is 0.567 bits per heavy atom. The van der Waals surface area contributed by atoms with Crippen LogP contribution in [0.25, 0.3) is 33.6 Å². The van der Waals surface area contributed by atoms with Gasteiger partial charge in [0, 0.05) is 11.4 Å². The van der Waals surface area contributed by atoms with Crippen LogP contribution >= 0.6 is 0 Å². The molecule has 1 aliphatic carbocycles. The van der Waals surface area contributed by atoms with Gasteiger partial charge in [-0.25, -0.2) is 0 Å². The summed E-state index contributed by atoms with van der Waals surface area (Å²) in [5, 5.41) is 0. The first-order chi connectivity index (χ1) is 14.5. The Hall–Kier alpha value is -3.92. The van der Waals surface area contributed by atoms with Crippen molar-refractivity contribution in [1.82, 2.24) is 9.97 Å². The van der Waals surface area contributed by atoms with Crippen molar-refractivity contribution >= 4 is 11.6 Å². The van der Waals surface area contributed by atoms with E-state index in [4.69, 9.17) is 0 Å². The van der Waals surface area contributed by atoms with Crippen molar-refractivity contribution in [2.45, 2.75) is 13.8 Å². The van der Waals surface area contributed by atoms with E-state index < -0.39 is 11.6 Å². The van der Waals surface area contributed by atoms with Crippen LogP contribution in [0, 0.1) is 13.8 Å². The molecule has 0 bridgehead atoms. The smallest absolute Gasteiger partial charge is 0.236 e. The number of Topliss-reactive ketones (excluding diaryl/α,β-unsaturated/α-hetero) is 2. The highest BCUT2D eigenvalue weighted by Crippen LogP contribution is 2.40. The Labute approximate surface area is 174 Å². The molecule has 4 heteroatoms. The van der Waals surface area contributed by atoms with Crippen molar-refractivity contribution < 1.29 is 9.59 Å². The zero-order valence-corrected chi connectivity index (χ0v) is 16.6. The van der Waals surface area contributed by atoms with E-state index >= 15 is 0 Å². The van der Waals surface area contributed by atoms with Crippen LogP contribution in [-0.4, -0.2) is 21.5 Å². The van der Waals surface area contributed by atoms with E-state index in [0.29, 0.717) is 33.6 Å². The minimum atomic E-state index is -0.535. The maximum absolute atomic E-state index is 13.3. The molecule has 0 radical (unpaired) electrons. The van der Waals surface area contributed by atoms with Crippen LogP contribution in [-0.2, 0) is 0 Å². The summed E-state index contributed by atoms with van der Waals surface area (Å²) < 4.78 is 0. The third-order valence-corrected chi connectivity index (χ3v) is 5.35. The number of ketones is 2. The maximum Gasteiger partial charge on any atom is 0.236 e. The van der Waals surface area contributed by atoms with Crippen molar-refractivity contribution in [1.29, 1.82) is 0 Å². The SMILES string of the molecule is Cc1cc(-c2ccccc2)c2c(n1)-c1nc(C)cc(-c3ccccc3)c1C(=O)C2=O. The van der Waals surface area contributed by atoms with Crippen LogP contribution in [0.4, 0.5) is 0 Å². The normalized spacial score (nSPS) is 12.5. The van der Waals surface area contributed by atoms with E-state index in [1.807, 2.05) is 86.6 Å². The van der Waals surface area contributed by atoms with E-state index in [1.54, 1.807) is 0 Å². The average molecular weight is 390 g/mol. The molecule has 0 spiro atoms. The van der Waals surface area contributed by atoms with Gasteiger partial charge in [-0.15, -0.1) is 0 Å². The van der Waals surface area contributed by atoms with Gasteiger partial charge in [0.2, 0.25) is 11.6 Å². The molecule has 0 saturated heterocycles. The third kappa shape index (κ3) is 2.77. The standard InChI is InChI=1S/C26H18N2O2/c1-15-13-19(17-9-5-3-6-10-17)21-23(27-15)24-22(26(30)25(21)29)20(14-16(2)28-24)18-11-7-4-8-12-18/h3-14H,1-2H3. The topological polar surface area (TPSA) is 59.9 Å². The van der Waals surface area contributed by atoms with Crippen molar-refractivity contribution in [3.63, 3.8) is 0 Å². The van der Waals surface area contributed by atoms with Gasteiger partial charge in [0.1, 0.15) is 11.4 Å². The number of aromatic nitrogens is 2. The van der Waals surface area contributed by atoms with Gasteiger partial charge >= 0.3 is 0 Å². The van der Waals surface area contributed by atoms with Gasteiger partial charge in [-0.05, 0) is 48.2 Å². The zero-order valence-electron chi connectivity index (χ0n) is 16.6. The highest BCUT2D eigenvalue weighted by atomic mass is 16.2. The number of fused-ring (bicyclic) bond motifs is 3. The van der Waals surface area contributed by atoms with Crippen molar-refractivity contribution in [3.05, 3.63) is 95.3 Å². The number of carbonyl (C=O) groups is 2. The molecule has 30 heavy (non-hydrogen) atoms. The van der Waals surface area contributed by atoms with Gasteiger partial charge in [-0.3, -0.25) is 19.6 Å². The summed E-state index contributed by atoms with van der Waals surface area (Å²) in [7, 11) is 0. The van der Waals surface area contributed by atoms with Crippen LogP contribution in [0.1, 0.15) is 32.1 Å². The zero-order chi connectivity index (χ0) is 20.8. The van der Waals surface area contributed by atoms with Crippen LogP contribution in [0.3, 0.4) is 0 Å². The predicted molar refractivity (Wildman–Crippen MR) is 116 cm³/mol. The Morgan fingerprint density at radius 3 is 1.30 bits per heavy atom. The number of hydrogen-bond donors (Lipinski definition) is 0. The molecule has 2 heterocycles. The Kier molecular flexibility index (Phi) is 4.14. The molecule has 0 unspecified atom stereocenters. The number of hydrogen-bond acceptors (Lipinski definition) is 4. The Morgan fingerprint density at radius 2 is 0.933 bits per heavy atom. The Balaban J connectivity index is 1.87. The summed E-state index contributed by atoms with van der Waals surface area (Å²) in [6.07, 6.45) is 0. The second-order valence-corrected chi connectivity index (χ2v) is 7.46. The van der Waals surface area contributed by atoms with Crippen LogP contribution in [0.15, 0.2) is 72.8 Å². The molecule has 0 fully saturated rings. The lowest BCUT2D eigenvalue weighted by atomic mass is 9.82. The first kappa shape index (κ1) is 18.1.